The Hall–Kier alpha value is -2.54. The third-order valence-electron chi connectivity index (χ3n) is 2.58. The smallest absolute Gasteiger partial charge is 0.406 e. The highest BCUT2D eigenvalue weighted by atomic mass is 32.2. The normalized spacial score (nSPS) is 11.1. The van der Waals surface area contributed by atoms with E-state index in [9.17, 15) is 22.4 Å². The van der Waals surface area contributed by atoms with E-state index < -0.39 is 29.1 Å². The maximum Gasteiger partial charge on any atom is 0.573 e. The molecule has 2 aromatic rings. The Bertz CT molecular complexity index is 843. The standard InChI is InChI=1S/C13H7F4N3O2S/c1-23-12-19-10(9(5-18)11(21)20-12)6-2-7(14)4-8(3-6)22-13(15,16)17/h2-4H,1H3,(H,19,20,21). The number of rotatable bonds is 3. The lowest BCUT2D eigenvalue weighted by Gasteiger charge is -2.11. The number of hydrogen-bond donors (Lipinski definition) is 1. The van der Waals surface area contributed by atoms with E-state index in [4.69, 9.17) is 5.26 Å². The SMILES string of the molecule is CSc1nc(-c2cc(F)cc(OC(F)(F)F)c2)c(C#N)c(=O)[nH]1. The van der Waals surface area contributed by atoms with E-state index in [2.05, 4.69) is 14.7 Å². The molecule has 0 aliphatic carbocycles. The Balaban J connectivity index is 2.65. The zero-order valence-corrected chi connectivity index (χ0v) is 12.2. The second kappa shape index (κ2) is 6.29. The van der Waals surface area contributed by atoms with Crippen LogP contribution in [0.5, 0.6) is 5.75 Å². The fraction of sp³-hybridized carbons (Fsp3) is 0.154. The summed E-state index contributed by atoms with van der Waals surface area (Å²) in [5.74, 6) is -1.84. The van der Waals surface area contributed by atoms with Crippen molar-refractivity contribution < 1.29 is 22.3 Å². The van der Waals surface area contributed by atoms with Crippen LogP contribution in [0.4, 0.5) is 17.6 Å². The number of nitrogens with one attached hydrogen (secondary N) is 1. The highest BCUT2D eigenvalue weighted by Gasteiger charge is 2.31. The first-order valence-electron chi connectivity index (χ1n) is 5.88. The van der Waals surface area contributed by atoms with E-state index in [0.29, 0.717) is 6.07 Å². The Morgan fingerprint density at radius 3 is 2.61 bits per heavy atom. The average Bonchev–Trinajstić information content (AvgIpc) is 2.43. The maximum atomic E-state index is 13.6. The lowest BCUT2D eigenvalue weighted by atomic mass is 10.1. The summed E-state index contributed by atoms with van der Waals surface area (Å²) in [6.45, 7) is 0. The molecule has 0 amide bonds. The minimum absolute atomic E-state index is 0.131. The highest BCUT2D eigenvalue weighted by molar-refractivity contribution is 7.98. The summed E-state index contributed by atoms with van der Waals surface area (Å²) in [6.07, 6.45) is -3.41. The van der Waals surface area contributed by atoms with E-state index in [1.54, 1.807) is 12.3 Å². The van der Waals surface area contributed by atoms with Gasteiger partial charge in [-0.05, 0) is 18.4 Å². The second-order valence-electron chi connectivity index (χ2n) is 4.13. The van der Waals surface area contributed by atoms with Gasteiger partial charge >= 0.3 is 6.36 Å². The molecule has 0 saturated heterocycles. The first-order valence-corrected chi connectivity index (χ1v) is 7.11. The molecule has 0 spiro atoms. The molecule has 0 aliphatic rings. The zero-order chi connectivity index (χ0) is 17.2. The number of ether oxygens (including phenoxy) is 1. The van der Waals surface area contributed by atoms with E-state index in [1.807, 2.05) is 0 Å². The van der Waals surface area contributed by atoms with Gasteiger partial charge < -0.3 is 9.72 Å². The fourth-order valence-corrected chi connectivity index (χ4v) is 2.13. The van der Waals surface area contributed by atoms with Gasteiger partial charge in [0.1, 0.15) is 23.2 Å². The molecule has 0 radical (unpaired) electrons. The molecule has 23 heavy (non-hydrogen) atoms. The molecule has 10 heteroatoms. The Morgan fingerprint density at radius 2 is 2.04 bits per heavy atom. The molecule has 0 bridgehead atoms. The summed E-state index contributed by atoms with van der Waals surface area (Å²) < 4.78 is 54.0. The molecule has 0 atom stereocenters. The van der Waals surface area contributed by atoms with Gasteiger partial charge in [-0.3, -0.25) is 4.79 Å². The summed E-state index contributed by atoms with van der Waals surface area (Å²) in [7, 11) is 0. The number of nitriles is 1. The number of thioether (sulfide) groups is 1. The molecular formula is C13H7F4N3O2S. The zero-order valence-electron chi connectivity index (χ0n) is 11.4. The van der Waals surface area contributed by atoms with Crippen molar-refractivity contribution in [1.82, 2.24) is 9.97 Å². The van der Waals surface area contributed by atoms with Crippen LogP contribution < -0.4 is 10.3 Å². The van der Waals surface area contributed by atoms with Crippen molar-refractivity contribution >= 4 is 11.8 Å². The third-order valence-corrected chi connectivity index (χ3v) is 3.16. The van der Waals surface area contributed by atoms with Gasteiger partial charge in [0.15, 0.2) is 5.16 Å². The van der Waals surface area contributed by atoms with Crippen LogP contribution in [0.25, 0.3) is 11.3 Å². The first-order chi connectivity index (χ1) is 10.7. The number of alkyl halides is 3. The molecule has 120 valence electrons. The van der Waals surface area contributed by atoms with E-state index in [1.165, 1.54) is 0 Å². The number of nitrogens with zero attached hydrogens (tertiary/aromatic N) is 2. The van der Waals surface area contributed by atoms with Gasteiger partial charge in [0.05, 0.1) is 5.69 Å². The number of hydrogen-bond acceptors (Lipinski definition) is 5. The summed E-state index contributed by atoms with van der Waals surface area (Å²) in [5.41, 5.74) is -1.62. The minimum atomic E-state index is -5.00. The van der Waals surface area contributed by atoms with Crippen molar-refractivity contribution in [2.24, 2.45) is 0 Å². The van der Waals surface area contributed by atoms with Gasteiger partial charge in [-0.1, -0.05) is 11.8 Å². The molecule has 1 N–H and O–H groups in total. The molecule has 0 unspecified atom stereocenters. The lowest BCUT2D eigenvalue weighted by molar-refractivity contribution is -0.274. The minimum Gasteiger partial charge on any atom is -0.406 e. The van der Waals surface area contributed by atoms with Gasteiger partial charge in [-0.15, -0.1) is 13.2 Å². The Kier molecular flexibility index (Phi) is 4.60. The molecule has 2 rings (SSSR count). The average molecular weight is 345 g/mol. The van der Waals surface area contributed by atoms with E-state index in [-0.39, 0.29) is 16.4 Å². The maximum absolute atomic E-state index is 13.6. The van der Waals surface area contributed by atoms with Crippen molar-refractivity contribution in [2.75, 3.05) is 6.26 Å². The van der Waals surface area contributed by atoms with Gasteiger partial charge in [0, 0.05) is 11.6 Å². The molecule has 0 aliphatic heterocycles. The monoisotopic (exact) mass is 345 g/mol. The summed E-state index contributed by atoms with van der Waals surface area (Å²) in [5, 5.41) is 9.16. The van der Waals surface area contributed by atoms with Crippen molar-refractivity contribution in [2.45, 2.75) is 11.5 Å². The topological polar surface area (TPSA) is 78.8 Å². The predicted molar refractivity (Wildman–Crippen MR) is 73.4 cm³/mol. The second-order valence-corrected chi connectivity index (χ2v) is 4.93. The molecule has 1 aromatic carbocycles. The van der Waals surface area contributed by atoms with Crippen LogP contribution in [0.1, 0.15) is 5.56 Å². The van der Waals surface area contributed by atoms with Gasteiger partial charge in [0.2, 0.25) is 0 Å². The summed E-state index contributed by atoms with van der Waals surface area (Å²) in [6, 6.07) is 3.84. The first kappa shape index (κ1) is 16.8. The van der Waals surface area contributed by atoms with Gasteiger partial charge in [0.25, 0.3) is 5.56 Å². The number of aromatic amines is 1. The molecule has 1 aromatic heterocycles. The number of benzene rings is 1. The largest absolute Gasteiger partial charge is 0.573 e. The van der Waals surface area contributed by atoms with E-state index >= 15 is 0 Å². The van der Waals surface area contributed by atoms with Crippen LogP contribution >= 0.6 is 11.8 Å². The quantitative estimate of drug-likeness (QED) is 0.525. The van der Waals surface area contributed by atoms with Gasteiger partial charge in [-0.25, -0.2) is 9.37 Å². The summed E-state index contributed by atoms with van der Waals surface area (Å²) >= 11 is 1.05. The molecule has 1 heterocycles. The van der Waals surface area contributed by atoms with Crippen LogP contribution in [-0.4, -0.2) is 22.6 Å². The fourth-order valence-electron chi connectivity index (χ4n) is 1.75. The van der Waals surface area contributed by atoms with Crippen LogP contribution in [0.2, 0.25) is 0 Å². The van der Waals surface area contributed by atoms with Crippen LogP contribution in [0.3, 0.4) is 0 Å². The Labute approximate surface area is 130 Å². The molecular weight excluding hydrogens is 338 g/mol. The predicted octanol–water partition coefficient (Wildman–Crippen LogP) is 3.07. The number of halogens is 4. The van der Waals surface area contributed by atoms with Crippen molar-refractivity contribution in [3.63, 3.8) is 0 Å². The Morgan fingerprint density at radius 1 is 1.35 bits per heavy atom. The lowest BCUT2D eigenvalue weighted by Crippen LogP contribution is -2.17. The van der Waals surface area contributed by atoms with Crippen LogP contribution in [0, 0.1) is 17.1 Å². The van der Waals surface area contributed by atoms with Crippen molar-refractivity contribution in [3.8, 4) is 23.1 Å². The molecule has 5 nitrogen and oxygen atoms in total. The number of aromatic nitrogens is 2. The summed E-state index contributed by atoms with van der Waals surface area (Å²) in [4.78, 5) is 18.1. The molecule has 0 saturated carbocycles. The van der Waals surface area contributed by atoms with Crippen molar-refractivity contribution in [1.29, 1.82) is 5.26 Å². The van der Waals surface area contributed by atoms with Crippen LogP contribution in [-0.2, 0) is 0 Å². The van der Waals surface area contributed by atoms with Crippen molar-refractivity contribution in [3.05, 3.63) is 39.9 Å². The van der Waals surface area contributed by atoms with E-state index in [0.717, 1.165) is 23.9 Å². The van der Waals surface area contributed by atoms with Crippen LogP contribution in [0.15, 0.2) is 28.2 Å². The molecule has 0 fully saturated rings. The number of H-pyrrole nitrogens is 1. The third kappa shape index (κ3) is 4.01. The van der Waals surface area contributed by atoms with Gasteiger partial charge in [-0.2, -0.15) is 5.26 Å². The highest BCUT2D eigenvalue weighted by Crippen LogP contribution is 2.29.